The molecule has 0 bridgehead atoms. The summed E-state index contributed by atoms with van der Waals surface area (Å²) in [5.41, 5.74) is 0.206. The molecule has 0 spiro atoms. The van der Waals surface area contributed by atoms with Gasteiger partial charge in [-0.15, -0.1) is 0 Å². The summed E-state index contributed by atoms with van der Waals surface area (Å²) in [6, 6.07) is 0. The predicted octanol–water partition coefficient (Wildman–Crippen LogP) is 0.556. The monoisotopic (exact) mass is 224 g/mol. The average molecular weight is 224 g/mol. The van der Waals surface area contributed by atoms with Crippen molar-refractivity contribution in [1.29, 1.82) is 0 Å². The Balaban J connectivity index is 2.81. The molecule has 5 nitrogen and oxygen atoms in total. The summed E-state index contributed by atoms with van der Waals surface area (Å²) in [4.78, 5) is 24.1. The van der Waals surface area contributed by atoms with Crippen LogP contribution in [0.25, 0.3) is 0 Å². The fourth-order valence-corrected chi connectivity index (χ4v) is 1.20. The average Bonchev–Trinajstić information content (AvgIpc) is 2.20. The maximum atomic E-state index is 11.5. The van der Waals surface area contributed by atoms with Crippen molar-refractivity contribution in [2.75, 3.05) is 13.6 Å². The smallest absolute Gasteiger partial charge is 0.335 e. The molecule has 1 aliphatic rings. The molecule has 2 N–H and O–H groups in total. The first-order valence-corrected chi connectivity index (χ1v) is 5.09. The summed E-state index contributed by atoms with van der Waals surface area (Å²) in [6.07, 6.45) is 3.07. The number of aliphatic carboxylic acids is 1. The zero-order chi connectivity index (χ0) is 12.3. The summed E-state index contributed by atoms with van der Waals surface area (Å²) < 4.78 is 0. The van der Waals surface area contributed by atoms with Gasteiger partial charge in [-0.25, -0.2) is 4.79 Å². The Labute approximate surface area is 94.4 Å². The van der Waals surface area contributed by atoms with Crippen molar-refractivity contribution < 1.29 is 14.7 Å². The van der Waals surface area contributed by atoms with E-state index in [1.54, 1.807) is 31.9 Å². The van der Waals surface area contributed by atoms with Gasteiger partial charge in [0.2, 0.25) is 5.91 Å². The number of carboxylic acid groups (broad SMARTS) is 1. The summed E-state index contributed by atoms with van der Waals surface area (Å²) in [5.74, 6) is -0.707. The second kappa shape index (κ2) is 4.83. The quantitative estimate of drug-likeness (QED) is 0.734. The number of hydrogen-bond acceptors (Lipinski definition) is 3. The van der Waals surface area contributed by atoms with E-state index in [2.05, 4.69) is 5.32 Å². The van der Waals surface area contributed by atoms with E-state index in [0.717, 1.165) is 0 Å². The highest BCUT2D eigenvalue weighted by Crippen LogP contribution is 2.11. The minimum Gasteiger partial charge on any atom is -0.478 e. The highest BCUT2D eigenvalue weighted by Gasteiger charge is 2.17. The summed E-state index contributed by atoms with van der Waals surface area (Å²) in [6.45, 7) is 4.05. The highest BCUT2D eigenvalue weighted by molar-refractivity contribution is 5.90. The molecule has 0 aromatic carbocycles. The first-order chi connectivity index (χ1) is 7.41. The maximum absolute atomic E-state index is 11.5. The Morgan fingerprint density at radius 2 is 2.12 bits per heavy atom. The number of nitrogens with zero attached hydrogens (tertiary/aromatic N) is 1. The molecule has 0 saturated carbocycles. The van der Waals surface area contributed by atoms with Gasteiger partial charge in [-0.05, 0) is 6.08 Å². The van der Waals surface area contributed by atoms with Crippen molar-refractivity contribution in [2.24, 2.45) is 5.92 Å². The molecule has 1 aliphatic heterocycles. The minimum atomic E-state index is -0.982. The van der Waals surface area contributed by atoms with Crippen molar-refractivity contribution >= 4 is 11.9 Å². The lowest BCUT2D eigenvalue weighted by atomic mass is 10.1. The molecular weight excluding hydrogens is 208 g/mol. The Hall–Kier alpha value is -1.78. The number of amides is 1. The number of nitrogens with one attached hydrogen (secondary N) is 1. The van der Waals surface area contributed by atoms with Crippen LogP contribution in [0.2, 0.25) is 0 Å². The van der Waals surface area contributed by atoms with Crippen molar-refractivity contribution in [3.63, 3.8) is 0 Å². The topological polar surface area (TPSA) is 69.6 Å². The van der Waals surface area contributed by atoms with Gasteiger partial charge in [-0.2, -0.15) is 0 Å². The van der Waals surface area contributed by atoms with Crippen LogP contribution in [0.15, 0.2) is 23.5 Å². The number of carbonyl (C=O) groups is 2. The van der Waals surface area contributed by atoms with E-state index in [-0.39, 0.29) is 17.4 Å². The fourth-order valence-electron chi connectivity index (χ4n) is 1.20. The molecule has 16 heavy (non-hydrogen) atoms. The molecule has 0 aromatic rings. The van der Waals surface area contributed by atoms with E-state index in [4.69, 9.17) is 5.11 Å². The van der Waals surface area contributed by atoms with Crippen LogP contribution in [-0.2, 0) is 9.59 Å². The Kier molecular flexibility index (Phi) is 3.71. The van der Waals surface area contributed by atoms with Gasteiger partial charge in [0.15, 0.2) is 0 Å². The Morgan fingerprint density at radius 1 is 1.50 bits per heavy atom. The third-order valence-corrected chi connectivity index (χ3v) is 2.31. The third-order valence-electron chi connectivity index (χ3n) is 2.31. The molecule has 0 atom stereocenters. The normalized spacial score (nSPS) is 15.6. The summed E-state index contributed by atoms with van der Waals surface area (Å²) >= 11 is 0. The second-order valence-electron chi connectivity index (χ2n) is 4.02. The van der Waals surface area contributed by atoms with E-state index in [9.17, 15) is 9.59 Å². The molecule has 1 rings (SSSR count). The lowest BCUT2D eigenvalue weighted by Crippen LogP contribution is -2.37. The lowest BCUT2D eigenvalue weighted by molar-refractivity contribution is -0.132. The summed E-state index contributed by atoms with van der Waals surface area (Å²) in [5, 5.41) is 11.5. The van der Waals surface area contributed by atoms with Crippen LogP contribution in [0.3, 0.4) is 0 Å². The number of hydrogen-bond donors (Lipinski definition) is 2. The molecule has 88 valence electrons. The fraction of sp³-hybridized carbons (Fsp3) is 0.455. The first kappa shape index (κ1) is 12.3. The zero-order valence-corrected chi connectivity index (χ0v) is 9.65. The van der Waals surface area contributed by atoms with Gasteiger partial charge >= 0.3 is 5.97 Å². The Bertz CT molecular complexity index is 369. The van der Waals surface area contributed by atoms with Gasteiger partial charge in [0.25, 0.3) is 0 Å². The lowest BCUT2D eigenvalue weighted by Gasteiger charge is -2.25. The van der Waals surface area contributed by atoms with Crippen molar-refractivity contribution in [3.05, 3.63) is 23.5 Å². The van der Waals surface area contributed by atoms with Gasteiger partial charge in [-0.1, -0.05) is 19.9 Å². The van der Waals surface area contributed by atoms with Gasteiger partial charge in [0.1, 0.15) is 5.82 Å². The number of rotatable bonds is 3. The van der Waals surface area contributed by atoms with Crippen LogP contribution >= 0.6 is 0 Å². The number of likely N-dealkylation sites (N-methyl/N-ethyl adjacent to an activating group) is 1. The van der Waals surface area contributed by atoms with Crippen LogP contribution in [-0.4, -0.2) is 35.5 Å². The van der Waals surface area contributed by atoms with E-state index < -0.39 is 5.97 Å². The third kappa shape index (κ3) is 2.85. The molecule has 0 aromatic heterocycles. The molecular formula is C11H16N2O3. The largest absolute Gasteiger partial charge is 0.478 e. The SMILES string of the molecule is CC(C)C(=O)NC1=CC(C(=O)O)=CCN1C. The van der Waals surface area contributed by atoms with Crippen molar-refractivity contribution in [2.45, 2.75) is 13.8 Å². The van der Waals surface area contributed by atoms with Crippen LogP contribution in [0.4, 0.5) is 0 Å². The standard InChI is InChI=1S/C11H16N2O3/c1-7(2)10(14)12-9-6-8(11(15)16)4-5-13(9)3/h4,6-7H,5H2,1-3H3,(H,12,14)(H,15,16). The predicted molar refractivity (Wildman–Crippen MR) is 59.4 cm³/mol. The molecule has 1 heterocycles. The van der Waals surface area contributed by atoms with Gasteiger partial charge in [0, 0.05) is 19.5 Å². The Morgan fingerprint density at radius 3 is 2.62 bits per heavy atom. The van der Waals surface area contributed by atoms with E-state index in [1.807, 2.05) is 0 Å². The minimum absolute atomic E-state index is 0.121. The molecule has 0 radical (unpaired) electrons. The van der Waals surface area contributed by atoms with E-state index >= 15 is 0 Å². The van der Waals surface area contributed by atoms with Crippen LogP contribution in [0.1, 0.15) is 13.8 Å². The van der Waals surface area contributed by atoms with Crippen LogP contribution in [0, 0.1) is 5.92 Å². The molecule has 5 heteroatoms. The van der Waals surface area contributed by atoms with Crippen LogP contribution in [0.5, 0.6) is 0 Å². The van der Waals surface area contributed by atoms with Gasteiger partial charge in [-0.3, -0.25) is 4.79 Å². The molecule has 0 aliphatic carbocycles. The maximum Gasteiger partial charge on any atom is 0.335 e. The number of carboxylic acids is 1. The molecule has 0 fully saturated rings. The van der Waals surface area contributed by atoms with Gasteiger partial charge in [0.05, 0.1) is 5.57 Å². The van der Waals surface area contributed by atoms with E-state index in [0.29, 0.717) is 12.4 Å². The van der Waals surface area contributed by atoms with Gasteiger partial charge < -0.3 is 15.3 Å². The summed E-state index contributed by atoms with van der Waals surface area (Å²) in [7, 11) is 1.79. The second-order valence-corrected chi connectivity index (χ2v) is 4.02. The number of carbonyl (C=O) groups excluding carboxylic acids is 1. The molecule has 1 amide bonds. The van der Waals surface area contributed by atoms with Crippen LogP contribution < -0.4 is 5.32 Å². The molecule has 0 saturated heterocycles. The molecule has 0 unspecified atom stereocenters. The zero-order valence-electron chi connectivity index (χ0n) is 9.65. The highest BCUT2D eigenvalue weighted by atomic mass is 16.4. The van der Waals surface area contributed by atoms with Crippen molar-refractivity contribution in [3.8, 4) is 0 Å². The first-order valence-electron chi connectivity index (χ1n) is 5.09. The van der Waals surface area contributed by atoms with E-state index in [1.165, 1.54) is 6.08 Å². The van der Waals surface area contributed by atoms with Crippen molar-refractivity contribution in [1.82, 2.24) is 10.2 Å².